The number of aromatic nitrogens is 1. The van der Waals surface area contributed by atoms with E-state index in [1.165, 1.54) is 36.1 Å². The van der Waals surface area contributed by atoms with Gasteiger partial charge >= 0.3 is 0 Å². The van der Waals surface area contributed by atoms with Gasteiger partial charge in [-0.15, -0.1) is 0 Å². The second kappa shape index (κ2) is 32.7. The number of hydrogen-bond acceptors (Lipinski definition) is 19. The van der Waals surface area contributed by atoms with Crippen molar-refractivity contribution < 1.29 is 87.0 Å². The van der Waals surface area contributed by atoms with Crippen LogP contribution in [0.1, 0.15) is 103 Å². The van der Waals surface area contributed by atoms with E-state index in [1.807, 2.05) is 4.90 Å². The number of aromatic hydroxyl groups is 1. The Hall–Kier alpha value is -8.56. The molecule has 1 aromatic carbocycles. The number of unbranched alkanes of at least 4 members (excludes halogenated alkanes) is 2. The van der Waals surface area contributed by atoms with E-state index in [0.717, 1.165) is 17.7 Å². The summed E-state index contributed by atoms with van der Waals surface area (Å²) in [6.45, 7) is 3.20. The van der Waals surface area contributed by atoms with Crippen LogP contribution < -0.4 is 58.5 Å². The predicted octanol–water partition coefficient (Wildman–Crippen LogP) is -4.57. The van der Waals surface area contributed by atoms with Gasteiger partial charge in [-0.1, -0.05) is 33.6 Å². The van der Waals surface area contributed by atoms with E-state index in [9.17, 15) is 82.8 Å². The van der Waals surface area contributed by atoms with Crippen molar-refractivity contribution in [3.8, 4) is 5.75 Å². The second-order valence-electron chi connectivity index (χ2n) is 25.6. The third-order valence-corrected chi connectivity index (χ3v) is 20.2. The number of aromatic amines is 1. The summed E-state index contributed by atoms with van der Waals surface area (Å²) < 4.78 is 15.4. The molecule has 3 fully saturated rings. The third kappa shape index (κ3) is 18.3. The SMILES string of the molecule is CC[C@H](C)[C@@H]1NC(=O)CNC(=O)[C@H]2Cc3c([nH]c4c(N5CCC(CNC(=O)CCCCCNC(=O)C6CCC(CN7C(=O)C=CC7=O)CC6)C5)c(O)ccc34)S(=O)C[C@@H](NC(=O)CNC1=O)C(=O)N[C@@H](CC(N)=O)C(=O)N1C[C@H](O)C[C@H]1C(=O)N[C@@H]([C@H](C)[C@H](O)CO)C(=O)N2. The first-order chi connectivity index (χ1) is 45.2. The summed E-state index contributed by atoms with van der Waals surface area (Å²) in [6.07, 6.45) is 3.21. The van der Waals surface area contributed by atoms with Gasteiger partial charge in [-0.25, -0.2) is 0 Å². The Kier molecular flexibility index (Phi) is 24.9. The number of nitrogens with one attached hydrogen (secondary N) is 10. The summed E-state index contributed by atoms with van der Waals surface area (Å²) in [4.78, 5) is 185. The van der Waals surface area contributed by atoms with Gasteiger partial charge in [-0.2, -0.15) is 0 Å². The Balaban J connectivity index is 1.05. The van der Waals surface area contributed by atoms with Crippen molar-refractivity contribution in [2.75, 3.05) is 69.6 Å². The average molecular weight is 1350 g/mol. The van der Waals surface area contributed by atoms with Gasteiger partial charge < -0.3 is 88.8 Å². The maximum Gasteiger partial charge on any atom is 0.253 e. The summed E-state index contributed by atoms with van der Waals surface area (Å²) in [5, 5.41) is 67.1. The van der Waals surface area contributed by atoms with E-state index < -0.39 is 176 Å². The lowest BCUT2D eigenvalue weighted by Gasteiger charge is -2.32. The standard InChI is InChI=1S/C62H88N14O18S/c1-4-31(2)51-59(91)67-24-47(83)68-41-30-95(94)61-38(21-39(56(88)66-25-48(84)71-51)69-60(92)52(32(3)44(80)29-77)72-58(90)42-20-36(78)28-75(42)62(93)40(22-45(63)81)70-57(41)89)37-13-14-43(79)54(53(37)73-61)74-19-17-34(26-74)23-65-46(82)8-6-5-7-18-64-55(87)35-11-9-33(10-12-35)27-76-49(85)15-16-50(76)86/h13-16,31-36,39-42,44,51-52,73,77-80H,4-12,17-30H2,1-3H3,(H2,63,81)(H,64,87)(H,65,82)(H,66,88)(H,67,91)(H,68,83)(H,69,92)(H,70,89)(H,71,84)(H,72,90)/t31-,32+,33?,34?,35?,36+,39+,40-,41+,42-,44+,51-,52-,95?/m0/s1. The van der Waals surface area contributed by atoms with E-state index in [2.05, 4.69) is 52.8 Å². The molecule has 520 valence electrons. The molecule has 13 amide bonds. The second-order valence-corrected chi connectivity index (χ2v) is 27.1. The minimum Gasteiger partial charge on any atom is -0.506 e. The molecule has 2 saturated heterocycles. The maximum atomic E-state index is 15.4. The molecule has 33 heteroatoms. The van der Waals surface area contributed by atoms with Crippen LogP contribution in [0.5, 0.6) is 5.75 Å². The number of anilines is 1. The lowest BCUT2D eigenvalue weighted by atomic mass is 9.81. The molecule has 2 aromatic rings. The fraction of sp³-hybridized carbons (Fsp3) is 0.629. The number of imide groups is 1. The molecule has 12 atom stereocenters. The smallest absolute Gasteiger partial charge is 0.253 e. The molecule has 6 aliphatic rings. The first-order valence-corrected chi connectivity index (χ1v) is 33.8. The van der Waals surface area contributed by atoms with E-state index >= 15 is 4.21 Å². The Labute approximate surface area is 550 Å². The zero-order valence-corrected chi connectivity index (χ0v) is 54.2. The summed E-state index contributed by atoms with van der Waals surface area (Å²) in [6, 6.07) is -7.59. The number of primary amides is 1. The minimum absolute atomic E-state index is 0.0258. The molecule has 2 unspecified atom stereocenters. The molecule has 8 rings (SSSR count). The highest BCUT2D eigenvalue weighted by Gasteiger charge is 2.46. The molecule has 1 saturated carbocycles. The van der Waals surface area contributed by atoms with Gasteiger partial charge in [0.2, 0.25) is 65.0 Å². The number of phenolic OH excluding ortho intramolecular Hbond substituents is 1. The number of amides is 13. The first-order valence-electron chi connectivity index (χ1n) is 32.4. The highest BCUT2D eigenvalue weighted by molar-refractivity contribution is 7.85. The zero-order valence-electron chi connectivity index (χ0n) is 53.4. The van der Waals surface area contributed by atoms with Gasteiger partial charge in [0.25, 0.3) is 11.8 Å². The Morgan fingerprint density at radius 2 is 1.46 bits per heavy atom. The van der Waals surface area contributed by atoms with Crippen LogP contribution in [0.15, 0.2) is 29.3 Å². The van der Waals surface area contributed by atoms with Gasteiger partial charge in [-0.3, -0.25) is 71.4 Å². The molecule has 32 nitrogen and oxygen atoms in total. The number of rotatable bonds is 19. The summed E-state index contributed by atoms with van der Waals surface area (Å²) in [7, 11) is -2.52. The Bertz CT molecular complexity index is 3320. The molecule has 5 aliphatic heterocycles. The summed E-state index contributed by atoms with van der Waals surface area (Å²) >= 11 is 0. The van der Waals surface area contributed by atoms with Crippen molar-refractivity contribution in [1.82, 2.24) is 62.6 Å². The lowest BCUT2D eigenvalue weighted by molar-refractivity contribution is -0.144. The van der Waals surface area contributed by atoms with E-state index in [4.69, 9.17) is 5.73 Å². The van der Waals surface area contributed by atoms with Crippen molar-refractivity contribution in [2.45, 2.75) is 158 Å². The van der Waals surface area contributed by atoms with E-state index in [0.29, 0.717) is 64.6 Å². The minimum atomic E-state index is -2.52. The molecular weight excluding hydrogens is 1260 g/mol. The number of phenols is 1. The number of H-pyrrole nitrogens is 1. The molecule has 1 aromatic heterocycles. The van der Waals surface area contributed by atoms with Crippen LogP contribution >= 0.6 is 0 Å². The fourth-order valence-electron chi connectivity index (χ4n) is 13.0. The molecule has 1 aliphatic carbocycles. The third-order valence-electron chi connectivity index (χ3n) is 18.8. The lowest BCUT2D eigenvalue weighted by Crippen LogP contribution is -2.62. The number of aliphatic hydroxyl groups excluding tert-OH is 3. The average Bonchev–Trinajstić information content (AvgIpc) is 1.61. The number of nitrogens with two attached hydrogens (primary N) is 1. The van der Waals surface area contributed by atoms with Crippen molar-refractivity contribution >= 4 is 104 Å². The van der Waals surface area contributed by atoms with Crippen LogP contribution in [0.3, 0.4) is 0 Å². The monoisotopic (exact) mass is 1350 g/mol. The largest absolute Gasteiger partial charge is 0.506 e. The number of hydrogen-bond donors (Lipinski definition) is 15. The number of benzene rings is 1. The number of fused-ring (bicyclic) bond motifs is 5. The van der Waals surface area contributed by atoms with Gasteiger partial charge in [0.15, 0.2) is 0 Å². The first kappa shape index (κ1) is 72.3. The molecule has 2 bridgehead atoms. The fourth-order valence-corrected chi connectivity index (χ4v) is 14.4. The van der Waals surface area contributed by atoms with Crippen LogP contribution in [0.25, 0.3) is 10.9 Å². The van der Waals surface area contributed by atoms with Gasteiger partial charge in [0.1, 0.15) is 52.7 Å². The summed E-state index contributed by atoms with van der Waals surface area (Å²) in [5.41, 5.74) is 5.95. The Morgan fingerprint density at radius 3 is 2.15 bits per heavy atom. The maximum absolute atomic E-state index is 15.4. The topological polar surface area (TPSA) is 480 Å². The number of carbonyl (C=O) groups is 13. The number of aliphatic hydroxyl groups is 3. The zero-order chi connectivity index (χ0) is 68.9. The normalized spacial score (nSPS) is 27.9. The van der Waals surface area contributed by atoms with Crippen LogP contribution in [0.4, 0.5) is 5.69 Å². The predicted molar refractivity (Wildman–Crippen MR) is 338 cm³/mol. The number of nitrogens with zero attached hydrogens (tertiary/aromatic N) is 3. The van der Waals surface area contributed by atoms with Crippen LogP contribution in [-0.4, -0.2) is 229 Å². The Morgan fingerprint density at radius 1 is 0.768 bits per heavy atom. The summed E-state index contributed by atoms with van der Waals surface area (Å²) in [5.74, 6) is -13.6. The van der Waals surface area contributed by atoms with Crippen molar-refractivity contribution in [1.29, 1.82) is 0 Å². The van der Waals surface area contributed by atoms with Gasteiger partial charge in [0.05, 0.1) is 60.4 Å². The van der Waals surface area contributed by atoms with E-state index in [1.54, 1.807) is 13.8 Å². The van der Waals surface area contributed by atoms with Crippen LogP contribution in [0.2, 0.25) is 0 Å². The van der Waals surface area contributed by atoms with Gasteiger partial charge in [-0.05, 0) is 80.4 Å². The molecule has 0 radical (unpaired) electrons. The van der Waals surface area contributed by atoms with Crippen LogP contribution in [-0.2, 0) is 79.5 Å². The van der Waals surface area contributed by atoms with Crippen LogP contribution in [0, 0.1) is 29.6 Å². The molecule has 0 spiro atoms. The van der Waals surface area contributed by atoms with Crippen molar-refractivity contribution in [2.24, 2.45) is 35.3 Å². The molecule has 95 heavy (non-hydrogen) atoms. The molecule has 6 heterocycles. The highest BCUT2D eigenvalue weighted by atomic mass is 32.2. The molecular formula is C62H88N14O18S. The van der Waals surface area contributed by atoms with Crippen molar-refractivity contribution in [3.05, 3.63) is 29.8 Å². The van der Waals surface area contributed by atoms with E-state index in [-0.39, 0.29) is 93.8 Å². The molecule has 16 N–H and O–H groups in total. The quantitative estimate of drug-likeness (QED) is 0.0465. The van der Waals surface area contributed by atoms with Gasteiger partial charge in [0, 0.05) is 87.9 Å². The highest BCUT2D eigenvalue weighted by Crippen LogP contribution is 2.41. The van der Waals surface area contributed by atoms with Crippen molar-refractivity contribution in [3.63, 3.8) is 0 Å². The number of carbonyl (C=O) groups excluding carboxylic acids is 13.